The first-order valence-electron chi connectivity index (χ1n) is 16.2. The average Bonchev–Trinajstić information content (AvgIpc) is 3.09. The molecule has 0 aromatic heterocycles. The number of hydrogen-bond donors (Lipinski definition) is 10. The van der Waals surface area contributed by atoms with Crippen molar-refractivity contribution in [3.63, 3.8) is 0 Å². The van der Waals surface area contributed by atoms with Gasteiger partial charge in [0.2, 0.25) is 11.8 Å². The van der Waals surface area contributed by atoms with Crippen LogP contribution in [-0.2, 0) is 20.9 Å². The average molecular weight is 696 g/mol. The first-order chi connectivity index (χ1) is 23.9. The minimum absolute atomic E-state index is 0.0559. The summed E-state index contributed by atoms with van der Waals surface area (Å²) in [4.78, 5) is 57.6. The molecule has 16 N–H and O–H groups in total. The molecule has 272 valence electrons. The highest BCUT2D eigenvalue weighted by atomic mass is 16.4. The molecule has 2 rings (SSSR count). The molecule has 0 spiro atoms. The summed E-state index contributed by atoms with van der Waals surface area (Å²) in [5.41, 5.74) is 34.9. The van der Waals surface area contributed by atoms with Gasteiger partial charge >= 0.3 is 5.97 Å². The maximum Gasteiger partial charge on any atom is 0.326 e. The molecule has 0 aliphatic heterocycles. The third-order valence-electron chi connectivity index (χ3n) is 7.25. The van der Waals surface area contributed by atoms with Crippen LogP contribution in [0.25, 0.3) is 0 Å². The summed E-state index contributed by atoms with van der Waals surface area (Å²) in [6.45, 7) is 1.26. The number of aliphatic carboxylic acids is 1. The zero-order valence-corrected chi connectivity index (χ0v) is 28.0. The number of aliphatic imine (C=N–C) groups is 2. The van der Waals surface area contributed by atoms with Crippen LogP contribution in [0.5, 0.6) is 0 Å². The van der Waals surface area contributed by atoms with Gasteiger partial charge in [0.1, 0.15) is 12.1 Å². The van der Waals surface area contributed by atoms with Gasteiger partial charge in [0.15, 0.2) is 11.9 Å². The zero-order chi connectivity index (χ0) is 36.9. The molecule has 2 aromatic rings. The van der Waals surface area contributed by atoms with Crippen molar-refractivity contribution in [3.05, 3.63) is 59.7 Å². The molecule has 18 nitrogen and oxygen atoms in total. The molecular weight excluding hydrogens is 646 g/mol. The summed E-state index contributed by atoms with van der Waals surface area (Å²) < 4.78 is 0. The van der Waals surface area contributed by atoms with E-state index in [-0.39, 0.29) is 42.9 Å². The number of azo groups is 1. The van der Waals surface area contributed by atoms with Crippen molar-refractivity contribution in [3.8, 4) is 0 Å². The maximum absolute atomic E-state index is 13.0. The number of nitrogens with zero attached hydrogens (tertiary/aromatic N) is 4. The van der Waals surface area contributed by atoms with E-state index in [4.69, 9.17) is 34.4 Å². The van der Waals surface area contributed by atoms with Gasteiger partial charge in [0.05, 0.1) is 17.4 Å². The first-order valence-corrected chi connectivity index (χ1v) is 16.2. The number of guanidine groups is 2. The van der Waals surface area contributed by atoms with Gasteiger partial charge in [-0.15, -0.1) is 0 Å². The molecule has 18 heteroatoms. The highest BCUT2D eigenvalue weighted by Crippen LogP contribution is 2.19. The molecule has 50 heavy (non-hydrogen) atoms. The first kappa shape index (κ1) is 40.6. The lowest BCUT2D eigenvalue weighted by Crippen LogP contribution is -2.51. The number of hydrogen-bond acceptors (Lipinski definition) is 10. The van der Waals surface area contributed by atoms with Gasteiger partial charge in [-0.1, -0.05) is 18.6 Å². The lowest BCUT2D eigenvalue weighted by Gasteiger charge is -2.20. The standard InChI is InChI=1S/C32H49N13O5/c33-16-2-1-5-24(34)28(47)42-25(6-3-17-39-31(35)36)29(48)41-19-20-8-12-22(13-9-20)44-45-23-14-10-21(11-15-23)27(46)43-26(30(49)50)7-4-18-40-32(37)38/h8-15,24-26H,1-7,16-19,33-34H2,(H,41,48)(H,42,47)(H,43,46)(H,49,50)(H4,35,36,39)(H4,37,38,40)/t24-,25-,26-/m0/s1. The summed E-state index contributed by atoms with van der Waals surface area (Å²) in [7, 11) is 0. The number of nitrogens with two attached hydrogens (primary N) is 6. The summed E-state index contributed by atoms with van der Waals surface area (Å²) in [5, 5.41) is 25.9. The third kappa shape index (κ3) is 16.0. The van der Waals surface area contributed by atoms with E-state index in [2.05, 4.69) is 36.2 Å². The largest absolute Gasteiger partial charge is 0.480 e. The molecule has 2 aromatic carbocycles. The Kier molecular flexibility index (Phi) is 17.9. The Hall–Kier alpha value is -5.62. The molecule has 0 saturated carbocycles. The Morgan fingerprint density at radius 2 is 1.22 bits per heavy atom. The van der Waals surface area contributed by atoms with E-state index < -0.39 is 35.9 Å². The van der Waals surface area contributed by atoms with Crippen LogP contribution < -0.4 is 50.4 Å². The molecule has 0 aliphatic rings. The second-order valence-electron chi connectivity index (χ2n) is 11.3. The second kappa shape index (κ2) is 22.1. The van der Waals surface area contributed by atoms with Crippen molar-refractivity contribution < 1.29 is 24.3 Å². The van der Waals surface area contributed by atoms with Crippen LogP contribution >= 0.6 is 0 Å². The van der Waals surface area contributed by atoms with Crippen molar-refractivity contribution in [1.82, 2.24) is 16.0 Å². The SMILES string of the molecule is NCCCC[C@H](N)C(=O)N[C@@H](CCCN=C(N)N)C(=O)NCc1ccc(N=Nc2ccc(C(=O)N[C@@H](CCCN=C(N)N)C(=O)O)cc2)cc1. The van der Waals surface area contributed by atoms with Crippen LogP contribution in [0.1, 0.15) is 60.9 Å². The van der Waals surface area contributed by atoms with Gasteiger partial charge in [-0.25, -0.2) is 4.79 Å². The number of rotatable bonds is 22. The number of carboxylic acid groups (broad SMARTS) is 1. The normalized spacial score (nSPS) is 12.7. The highest BCUT2D eigenvalue weighted by Gasteiger charge is 2.23. The van der Waals surface area contributed by atoms with Gasteiger partial charge < -0.3 is 55.5 Å². The van der Waals surface area contributed by atoms with Crippen molar-refractivity contribution in [2.75, 3.05) is 19.6 Å². The summed E-state index contributed by atoms with van der Waals surface area (Å²) in [6.07, 6.45) is 3.20. The zero-order valence-electron chi connectivity index (χ0n) is 28.0. The molecule has 0 bridgehead atoms. The van der Waals surface area contributed by atoms with Gasteiger partial charge in [0.25, 0.3) is 5.91 Å². The smallest absolute Gasteiger partial charge is 0.326 e. The lowest BCUT2D eigenvalue weighted by molar-refractivity contribution is -0.139. The van der Waals surface area contributed by atoms with Gasteiger partial charge in [0, 0.05) is 25.2 Å². The van der Waals surface area contributed by atoms with E-state index in [9.17, 15) is 24.3 Å². The van der Waals surface area contributed by atoms with E-state index in [1.807, 2.05) is 0 Å². The van der Waals surface area contributed by atoms with E-state index >= 15 is 0 Å². The molecule has 0 unspecified atom stereocenters. The summed E-state index contributed by atoms with van der Waals surface area (Å²) in [5.74, 6) is -2.65. The molecule has 0 saturated heterocycles. The number of benzene rings is 2. The minimum atomic E-state index is -1.17. The Morgan fingerprint density at radius 1 is 0.680 bits per heavy atom. The van der Waals surface area contributed by atoms with Crippen LogP contribution in [0.4, 0.5) is 11.4 Å². The van der Waals surface area contributed by atoms with E-state index in [0.717, 1.165) is 12.0 Å². The quantitative estimate of drug-likeness (QED) is 0.0337. The predicted molar refractivity (Wildman–Crippen MR) is 190 cm³/mol. The fourth-order valence-corrected chi connectivity index (χ4v) is 4.48. The molecule has 0 radical (unpaired) electrons. The van der Waals surface area contributed by atoms with Crippen molar-refractivity contribution in [1.29, 1.82) is 0 Å². The second-order valence-corrected chi connectivity index (χ2v) is 11.3. The summed E-state index contributed by atoms with van der Waals surface area (Å²) >= 11 is 0. The highest BCUT2D eigenvalue weighted by molar-refractivity contribution is 5.96. The van der Waals surface area contributed by atoms with E-state index in [0.29, 0.717) is 56.6 Å². The Bertz CT molecular complexity index is 1470. The number of nitrogens with one attached hydrogen (secondary N) is 3. The summed E-state index contributed by atoms with van der Waals surface area (Å²) in [6, 6.07) is 10.5. The number of amides is 3. The molecule has 0 fully saturated rings. The number of carboxylic acids is 1. The number of unbranched alkanes of at least 4 members (excludes halogenated alkanes) is 1. The van der Waals surface area contributed by atoms with Gasteiger partial charge in [-0.2, -0.15) is 10.2 Å². The maximum atomic E-state index is 13.0. The Morgan fingerprint density at radius 3 is 1.74 bits per heavy atom. The molecule has 0 aliphatic carbocycles. The fraction of sp³-hybridized carbons (Fsp3) is 0.438. The number of carbonyl (C=O) groups excluding carboxylic acids is 3. The molecule has 3 atom stereocenters. The van der Waals surface area contributed by atoms with Crippen molar-refractivity contribution in [2.24, 2.45) is 54.6 Å². The van der Waals surface area contributed by atoms with Gasteiger partial charge in [-0.05, 0) is 87.0 Å². The Labute approximate surface area is 290 Å². The molecular formula is C32H49N13O5. The van der Waals surface area contributed by atoms with Crippen LogP contribution in [0, 0.1) is 0 Å². The van der Waals surface area contributed by atoms with Gasteiger partial charge in [-0.3, -0.25) is 24.4 Å². The predicted octanol–water partition coefficient (Wildman–Crippen LogP) is -0.0505. The third-order valence-corrected chi connectivity index (χ3v) is 7.25. The fourth-order valence-electron chi connectivity index (χ4n) is 4.48. The number of carbonyl (C=O) groups is 4. The van der Waals surface area contributed by atoms with Crippen LogP contribution in [-0.4, -0.2) is 78.5 Å². The van der Waals surface area contributed by atoms with Crippen molar-refractivity contribution in [2.45, 2.75) is 69.6 Å². The van der Waals surface area contributed by atoms with Crippen LogP contribution in [0.3, 0.4) is 0 Å². The Balaban J connectivity index is 1.93. The minimum Gasteiger partial charge on any atom is -0.480 e. The monoisotopic (exact) mass is 695 g/mol. The van der Waals surface area contributed by atoms with Crippen LogP contribution in [0.2, 0.25) is 0 Å². The topological polar surface area (TPSA) is 330 Å². The van der Waals surface area contributed by atoms with Crippen molar-refractivity contribution >= 4 is 47.0 Å². The molecule has 3 amide bonds. The van der Waals surface area contributed by atoms with E-state index in [1.165, 1.54) is 12.1 Å². The van der Waals surface area contributed by atoms with E-state index in [1.54, 1.807) is 36.4 Å². The lowest BCUT2D eigenvalue weighted by atomic mass is 10.1. The van der Waals surface area contributed by atoms with Crippen LogP contribution in [0.15, 0.2) is 68.7 Å². The molecule has 0 heterocycles.